The SMILES string of the molecule is CCOc1ccc(OCC)c(NC(=O)c2cc(C(C)C)nc3c2cnn3C(C)C)c1. The Morgan fingerprint density at radius 2 is 1.83 bits per heavy atom. The van der Waals surface area contributed by atoms with Crippen LogP contribution in [0.2, 0.25) is 0 Å². The number of ether oxygens (including phenoxy) is 2. The molecule has 2 aromatic heterocycles. The zero-order chi connectivity index (χ0) is 21.8. The van der Waals surface area contributed by atoms with E-state index in [0.29, 0.717) is 36.0 Å². The lowest BCUT2D eigenvalue weighted by atomic mass is 10.0. The van der Waals surface area contributed by atoms with Crippen molar-refractivity contribution >= 4 is 22.6 Å². The second kappa shape index (κ2) is 9.15. The first-order valence-electron chi connectivity index (χ1n) is 10.4. The normalized spacial score (nSPS) is 11.3. The van der Waals surface area contributed by atoms with Gasteiger partial charge in [-0.3, -0.25) is 4.79 Å². The number of rotatable bonds is 8. The fourth-order valence-electron chi connectivity index (χ4n) is 3.23. The summed E-state index contributed by atoms with van der Waals surface area (Å²) in [6.45, 7) is 13.1. The number of hydrogen-bond donors (Lipinski definition) is 1. The van der Waals surface area contributed by atoms with E-state index in [9.17, 15) is 4.79 Å². The van der Waals surface area contributed by atoms with Crippen LogP contribution in [0.25, 0.3) is 11.0 Å². The van der Waals surface area contributed by atoms with Gasteiger partial charge >= 0.3 is 0 Å². The van der Waals surface area contributed by atoms with Gasteiger partial charge in [-0.05, 0) is 51.8 Å². The van der Waals surface area contributed by atoms with E-state index in [-0.39, 0.29) is 17.9 Å². The van der Waals surface area contributed by atoms with Crippen LogP contribution in [-0.2, 0) is 0 Å². The zero-order valence-corrected chi connectivity index (χ0v) is 18.5. The number of nitrogens with one attached hydrogen (secondary N) is 1. The van der Waals surface area contributed by atoms with E-state index in [2.05, 4.69) is 24.3 Å². The number of amides is 1. The summed E-state index contributed by atoms with van der Waals surface area (Å²) in [7, 11) is 0. The standard InChI is InChI=1S/C23H30N4O3/c1-7-29-16-9-10-21(30-8-2)20(11-16)26-23(28)17-12-19(14(3)4)25-22-18(17)13-24-27(22)15(5)6/h9-15H,7-8H2,1-6H3,(H,26,28). The first-order valence-corrected chi connectivity index (χ1v) is 10.4. The molecule has 0 saturated carbocycles. The molecule has 1 N–H and O–H groups in total. The average Bonchev–Trinajstić information content (AvgIpc) is 3.13. The molecule has 0 atom stereocenters. The first kappa shape index (κ1) is 21.6. The molecule has 7 nitrogen and oxygen atoms in total. The number of carbonyl (C=O) groups is 1. The number of hydrogen-bond acceptors (Lipinski definition) is 5. The van der Waals surface area contributed by atoms with Crippen molar-refractivity contribution < 1.29 is 14.3 Å². The number of anilines is 1. The second-order valence-corrected chi connectivity index (χ2v) is 7.65. The van der Waals surface area contributed by atoms with E-state index in [1.165, 1.54) is 0 Å². The Bertz CT molecular complexity index is 1040. The number of aromatic nitrogens is 3. The topological polar surface area (TPSA) is 78.3 Å². The van der Waals surface area contributed by atoms with Gasteiger partial charge < -0.3 is 14.8 Å². The molecule has 30 heavy (non-hydrogen) atoms. The van der Waals surface area contributed by atoms with Crippen molar-refractivity contribution in [1.82, 2.24) is 14.8 Å². The predicted molar refractivity (Wildman–Crippen MR) is 119 cm³/mol. The Morgan fingerprint density at radius 1 is 1.10 bits per heavy atom. The van der Waals surface area contributed by atoms with Crippen LogP contribution in [0, 0.1) is 0 Å². The Morgan fingerprint density at radius 3 is 2.47 bits per heavy atom. The lowest BCUT2D eigenvalue weighted by Gasteiger charge is -2.15. The average molecular weight is 411 g/mol. The van der Waals surface area contributed by atoms with Crippen molar-refractivity contribution in [3.8, 4) is 11.5 Å². The Labute approximate surface area is 177 Å². The summed E-state index contributed by atoms with van der Waals surface area (Å²) in [5.74, 6) is 1.21. The first-order chi connectivity index (χ1) is 14.3. The summed E-state index contributed by atoms with van der Waals surface area (Å²) in [5.41, 5.74) is 2.68. The lowest BCUT2D eigenvalue weighted by Crippen LogP contribution is -2.15. The maximum atomic E-state index is 13.3. The van der Waals surface area contributed by atoms with Crippen molar-refractivity contribution in [3.05, 3.63) is 41.7 Å². The van der Waals surface area contributed by atoms with E-state index in [0.717, 1.165) is 16.7 Å². The van der Waals surface area contributed by atoms with E-state index in [1.807, 2.05) is 50.6 Å². The van der Waals surface area contributed by atoms with Gasteiger partial charge in [0.15, 0.2) is 5.65 Å². The zero-order valence-electron chi connectivity index (χ0n) is 18.5. The minimum atomic E-state index is -0.234. The van der Waals surface area contributed by atoms with Crippen molar-refractivity contribution in [2.75, 3.05) is 18.5 Å². The van der Waals surface area contributed by atoms with Gasteiger partial charge in [0, 0.05) is 17.8 Å². The fraction of sp³-hybridized carbons (Fsp3) is 0.435. The van der Waals surface area contributed by atoms with Crippen LogP contribution in [-0.4, -0.2) is 33.9 Å². The van der Waals surface area contributed by atoms with Crippen molar-refractivity contribution in [1.29, 1.82) is 0 Å². The lowest BCUT2D eigenvalue weighted by molar-refractivity contribution is 0.102. The van der Waals surface area contributed by atoms with Crippen LogP contribution >= 0.6 is 0 Å². The predicted octanol–water partition coefficient (Wildman–Crippen LogP) is 5.19. The van der Waals surface area contributed by atoms with Gasteiger partial charge in [0.2, 0.25) is 0 Å². The third-order valence-corrected chi connectivity index (χ3v) is 4.72. The second-order valence-electron chi connectivity index (χ2n) is 7.65. The fourth-order valence-corrected chi connectivity index (χ4v) is 3.23. The molecule has 0 radical (unpaired) electrons. The number of benzene rings is 1. The molecule has 160 valence electrons. The highest BCUT2D eigenvalue weighted by Crippen LogP contribution is 2.31. The molecule has 0 aliphatic carbocycles. The molecule has 1 aromatic carbocycles. The van der Waals surface area contributed by atoms with Gasteiger partial charge in [-0.25, -0.2) is 9.67 Å². The van der Waals surface area contributed by atoms with Gasteiger partial charge in [-0.1, -0.05) is 13.8 Å². The third-order valence-electron chi connectivity index (χ3n) is 4.72. The smallest absolute Gasteiger partial charge is 0.256 e. The molecule has 0 fully saturated rings. The maximum Gasteiger partial charge on any atom is 0.256 e. The van der Waals surface area contributed by atoms with Gasteiger partial charge in [-0.15, -0.1) is 0 Å². The molecule has 0 bridgehead atoms. The molecular formula is C23H30N4O3. The van der Waals surface area contributed by atoms with Crippen LogP contribution in [0.3, 0.4) is 0 Å². The molecule has 0 aliphatic rings. The largest absolute Gasteiger partial charge is 0.494 e. The van der Waals surface area contributed by atoms with Crippen molar-refractivity contribution in [2.24, 2.45) is 0 Å². The molecule has 2 heterocycles. The van der Waals surface area contributed by atoms with Crippen LogP contribution in [0.1, 0.15) is 69.6 Å². The third kappa shape index (κ3) is 4.40. The molecule has 0 unspecified atom stereocenters. The summed E-state index contributed by atoms with van der Waals surface area (Å²) in [6, 6.07) is 7.41. The number of carbonyl (C=O) groups excluding carboxylic acids is 1. The summed E-state index contributed by atoms with van der Waals surface area (Å²) >= 11 is 0. The molecule has 0 saturated heterocycles. The van der Waals surface area contributed by atoms with Crippen molar-refractivity contribution in [2.45, 2.75) is 53.5 Å². The van der Waals surface area contributed by atoms with Crippen LogP contribution in [0.4, 0.5) is 5.69 Å². The number of fused-ring (bicyclic) bond motifs is 1. The summed E-state index contributed by atoms with van der Waals surface area (Å²) < 4.78 is 13.1. The van der Waals surface area contributed by atoms with Crippen molar-refractivity contribution in [3.63, 3.8) is 0 Å². The van der Waals surface area contributed by atoms with E-state index in [4.69, 9.17) is 14.5 Å². The van der Waals surface area contributed by atoms with Gasteiger partial charge in [0.25, 0.3) is 5.91 Å². The summed E-state index contributed by atoms with van der Waals surface area (Å²) in [5, 5.41) is 8.19. The van der Waals surface area contributed by atoms with Gasteiger partial charge in [0.05, 0.1) is 36.0 Å². The Hall–Kier alpha value is -3.09. The van der Waals surface area contributed by atoms with Gasteiger partial charge in [-0.2, -0.15) is 5.10 Å². The van der Waals surface area contributed by atoms with Crippen LogP contribution in [0.15, 0.2) is 30.5 Å². The molecule has 3 aromatic rings. The minimum Gasteiger partial charge on any atom is -0.494 e. The molecule has 7 heteroatoms. The summed E-state index contributed by atoms with van der Waals surface area (Å²) in [6.07, 6.45) is 1.71. The Balaban J connectivity index is 2.06. The van der Waals surface area contributed by atoms with E-state index >= 15 is 0 Å². The van der Waals surface area contributed by atoms with Crippen LogP contribution in [0.5, 0.6) is 11.5 Å². The van der Waals surface area contributed by atoms with Gasteiger partial charge in [0.1, 0.15) is 11.5 Å². The monoisotopic (exact) mass is 410 g/mol. The number of pyridine rings is 1. The van der Waals surface area contributed by atoms with E-state index < -0.39 is 0 Å². The molecule has 3 rings (SSSR count). The van der Waals surface area contributed by atoms with Crippen LogP contribution < -0.4 is 14.8 Å². The highest BCUT2D eigenvalue weighted by Gasteiger charge is 2.20. The molecular weight excluding hydrogens is 380 g/mol. The Kier molecular flexibility index (Phi) is 6.59. The minimum absolute atomic E-state index is 0.140. The quantitative estimate of drug-likeness (QED) is 0.553. The summed E-state index contributed by atoms with van der Waals surface area (Å²) in [4.78, 5) is 18.1. The highest BCUT2D eigenvalue weighted by molar-refractivity contribution is 6.12. The molecule has 0 aliphatic heterocycles. The maximum absolute atomic E-state index is 13.3. The molecule has 0 spiro atoms. The number of nitrogens with zero attached hydrogens (tertiary/aromatic N) is 3. The highest BCUT2D eigenvalue weighted by atomic mass is 16.5. The van der Waals surface area contributed by atoms with E-state index in [1.54, 1.807) is 12.3 Å². The molecule has 1 amide bonds.